The Morgan fingerprint density at radius 2 is 1.91 bits per heavy atom. The van der Waals surface area contributed by atoms with Crippen LogP contribution in [0.3, 0.4) is 0 Å². The summed E-state index contributed by atoms with van der Waals surface area (Å²) in [6, 6.07) is 3.23. The molecule has 0 bridgehead atoms. The number of carboxylic acids is 1. The molecule has 0 atom stereocenters. The van der Waals surface area contributed by atoms with Gasteiger partial charge >= 0.3 is 12.0 Å². The third-order valence-corrected chi connectivity index (χ3v) is 6.88. The molecule has 172 valence electrons. The summed E-state index contributed by atoms with van der Waals surface area (Å²) in [6.07, 6.45) is 5.20. The highest BCUT2D eigenvalue weighted by molar-refractivity contribution is 7.22. The average molecular weight is 469 g/mol. The van der Waals surface area contributed by atoms with E-state index in [2.05, 4.69) is 25.6 Å². The normalized spacial score (nSPS) is 15.3. The molecule has 0 unspecified atom stereocenters. The van der Waals surface area contributed by atoms with Crippen LogP contribution in [0.1, 0.15) is 37.0 Å². The first-order chi connectivity index (χ1) is 15.8. The summed E-state index contributed by atoms with van der Waals surface area (Å²) in [5.74, 6) is -0.226. The van der Waals surface area contributed by atoms with Gasteiger partial charge in [0, 0.05) is 43.2 Å². The summed E-state index contributed by atoms with van der Waals surface area (Å²) in [5, 5.41) is 15.1. The van der Waals surface area contributed by atoms with E-state index in [0.29, 0.717) is 59.3 Å². The number of carboxylic acid groups (broad SMARTS) is 1. The maximum atomic E-state index is 11.8. The number of aromatic nitrogens is 3. The molecular formula is C22H24N6O4S. The molecule has 1 aliphatic rings. The summed E-state index contributed by atoms with van der Waals surface area (Å²) in [6.45, 7) is 5.23. The van der Waals surface area contributed by atoms with Gasteiger partial charge in [-0.05, 0) is 44.4 Å². The van der Waals surface area contributed by atoms with E-state index in [-0.39, 0.29) is 6.03 Å². The maximum Gasteiger partial charge on any atom is 0.321 e. The predicted molar refractivity (Wildman–Crippen MR) is 126 cm³/mol. The zero-order valence-electron chi connectivity index (χ0n) is 18.3. The molecule has 0 radical (unpaired) electrons. The first kappa shape index (κ1) is 22.6. The molecule has 1 aromatic carbocycles. The molecule has 3 N–H and O–H groups in total. The summed E-state index contributed by atoms with van der Waals surface area (Å²) in [7, 11) is 0. The van der Waals surface area contributed by atoms with Gasteiger partial charge in [-0.25, -0.2) is 19.7 Å². The number of carbonyl (C=O) groups excluding carboxylic acids is 2. The van der Waals surface area contributed by atoms with Crippen molar-refractivity contribution in [3.05, 3.63) is 30.1 Å². The first-order valence-electron chi connectivity index (χ1n) is 10.6. The number of hydrogen-bond donors (Lipinski definition) is 3. The van der Waals surface area contributed by atoms with Crippen LogP contribution in [0, 0.1) is 5.41 Å². The van der Waals surface area contributed by atoms with E-state index in [1.54, 1.807) is 25.4 Å². The van der Waals surface area contributed by atoms with Crippen LogP contribution >= 0.6 is 11.3 Å². The van der Waals surface area contributed by atoms with Gasteiger partial charge in [0.25, 0.3) is 0 Å². The van der Waals surface area contributed by atoms with E-state index >= 15 is 0 Å². The molecule has 11 heteroatoms. The smallest absolute Gasteiger partial charge is 0.321 e. The third kappa shape index (κ3) is 4.63. The second-order valence-corrected chi connectivity index (χ2v) is 9.16. The number of nitrogens with one attached hydrogen (secondary N) is 2. The Bertz CT molecular complexity index is 1200. The van der Waals surface area contributed by atoms with Gasteiger partial charge in [-0.2, -0.15) is 0 Å². The minimum Gasteiger partial charge on any atom is -0.481 e. The lowest BCUT2D eigenvalue weighted by Gasteiger charge is -2.36. The molecule has 1 aliphatic heterocycles. The number of aldehydes is 1. The van der Waals surface area contributed by atoms with Crippen LogP contribution < -0.4 is 15.5 Å². The van der Waals surface area contributed by atoms with Crippen LogP contribution in [0.5, 0.6) is 0 Å². The van der Waals surface area contributed by atoms with Gasteiger partial charge in [0.1, 0.15) is 0 Å². The summed E-state index contributed by atoms with van der Waals surface area (Å²) >= 11 is 1.24. The number of thiazole rings is 1. The van der Waals surface area contributed by atoms with Crippen molar-refractivity contribution in [3.63, 3.8) is 0 Å². The Morgan fingerprint density at radius 1 is 1.21 bits per heavy atom. The van der Waals surface area contributed by atoms with Crippen LogP contribution in [0.15, 0.2) is 24.5 Å². The fourth-order valence-corrected chi connectivity index (χ4v) is 4.63. The van der Waals surface area contributed by atoms with Crippen molar-refractivity contribution < 1.29 is 19.5 Å². The number of nitrogens with zero attached hydrogens (tertiary/aromatic N) is 4. The number of hydrogen-bond acceptors (Lipinski definition) is 8. The molecule has 0 saturated carbocycles. The number of piperidine rings is 1. The highest BCUT2D eigenvalue weighted by Crippen LogP contribution is 2.34. The van der Waals surface area contributed by atoms with E-state index in [4.69, 9.17) is 0 Å². The van der Waals surface area contributed by atoms with E-state index in [9.17, 15) is 19.5 Å². The molecule has 2 aromatic heterocycles. The zero-order valence-corrected chi connectivity index (χ0v) is 19.1. The predicted octanol–water partition coefficient (Wildman–Crippen LogP) is 3.40. The van der Waals surface area contributed by atoms with Crippen molar-refractivity contribution in [1.82, 2.24) is 20.3 Å². The molecule has 2 amide bonds. The van der Waals surface area contributed by atoms with Crippen LogP contribution in [0.25, 0.3) is 21.3 Å². The first-order valence-corrected chi connectivity index (χ1v) is 11.4. The number of fused-ring (bicyclic) bond motifs is 1. The molecule has 1 fully saturated rings. The minimum absolute atomic E-state index is 0.352. The second-order valence-electron chi connectivity index (χ2n) is 8.16. The maximum absolute atomic E-state index is 11.8. The number of anilines is 2. The molecular weight excluding hydrogens is 444 g/mol. The van der Waals surface area contributed by atoms with Crippen molar-refractivity contribution in [2.45, 2.75) is 26.7 Å². The Morgan fingerprint density at radius 3 is 2.52 bits per heavy atom. The molecule has 3 aromatic rings. The Kier molecular flexibility index (Phi) is 6.23. The lowest BCUT2D eigenvalue weighted by Crippen LogP contribution is -2.43. The van der Waals surface area contributed by atoms with Gasteiger partial charge < -0.3 is 15.3 Å². The van der Waals surface area contributed by atoms with E-state index in [1.165, 1.54) is 11.3 Å². The fourth-order valence-electron chi connectivity index (χ4n) is 3.72. The molecule has 0 spiro atoms. The Labute approximate surface area is 194 Å². The van der Waals surface area contributed by atoms with Crippen molar-refractivity contribution in [3.8, 4) is 11.1 Å². The van der Waals surface area contributed by atoms with Crippen molar-refractivity contribution in [2.75, 3.05) is 29.9 Å². The molecule has 0 aliphatic carbocycles. The lowest BCUT2D eigenvalue weighted by molar-refractivity contribution is -0.149. The van der Waals surface area contributed by atoms with E-state index in [0.717, 1.165) is 17.4 Å². The van der Waals surface area contributed by atoms with Crippen LogP contribution in [0.2, 0.25) is 0 Å². The topological polar surface area (TPSA) is 137 Å². The summed E-state index contributed by atoms with van der Waals surface area (Å²) < 4.78 is 0.688. The van der Waals surface area contributed by atoms with Crippen molar-refractivity contribution in [2.24, 2.45) is 5.41 Å². The largest absolute Gasteiger partial charge is 0.481 e. The number of urea groups is 1. The fraction of sp³-hybridized carbons (Fsp3) is 0.364. The van der Waals surface area contributed by atoms with Crippen molar-refractivity contribution in [1.29, 1.82) is 0 Å². The quantitative estimate of drug-likeness (QED) is 0.468. The number of aliphatic carboxylic acids is 1. The van der Waals surface area contributed by atoms with Gasteiger partial charge in [0.15, 0.2) is 11.4 Å². The van der Waals surface area contributed by atoms with Gasteiger partial charge in [0.2, 0.25) is 5.95 Å². The van der Waals surface area contributed by atoms with Crippen LogP contribution in [0.4, 0.5) is 15.9 Å². The number of carbonyl (C=O) groups is 3. The number of rotatable bonds is 6. The number of amides is 2. The van der Waals surface area contributed by atoms with Crippen LogP contribution in [-0.4, -0.2) is 58.0 Å². The molecule has 1 saturated heterocycles. The highest BCUT2D eigenvalue weighted by atomic mass is 32.1. The van der Waals surface area contributed by atoms with Gasteiger partial charge in [-0.3, -0.25) is 14.9 Å². The lowest BCUT2D eigenvalue weighted by atomic mass is 9.80. The summed E-state index contributed by atoms with van der Waals surface area (Å²) in [4.78, 5) is 50.3. The van der Waals surface area contributed by atoms with E-state index < -0.39 is 11.4 Å². The standard InChI is InChI=1S/C22H24N6O4S/c1-3-23-20(32)27-21-26-16-9-13(8-14(12-29)17(16)33-21)15-10-24-19(25-11-15)28-6-4-22(2,5-7-28)18(30)31/h8-12H,3-7H2,1-2H3,(H,30,31)(H2,23,26,27,32). The SMILES string of the molecule is CCNC(=O)Nc1nc2cc(-c3cnc(N4CCC(C)(C(=O)O)CC4)nc3)cc(C=O)c2s1. The van der Waals surface area contributed by atoms with Gasteiger partial charge in [0.05, 0.1) is 15.6 Å². The monoisotopic (exact) mass is 468 g/mol. The second kappa shape index (κ2) is 9.10. The molecule has 10 nitrogen and oxygen atoms in total. The Balaban J connectivity index is 1.55. The minimum atomic E-state index is -0.772. The highest BCUT2D eigenvalue weighted by Gasteiger charge is 2.37. The zero-order chi connectivity index (χ0) is 23.6. The van der Waals surface area contributed by atoms with E-state index in [1.807, 2.05) is 17.9 Å². The molecule has 3 heterocycles. The molecule has 4 rings (SSSR count). The summed E-state index contributed by atoms with van der Waals surface area (Å²) in [5.41, 5.74) is 1.82. The van der Waals surface area contributed by atoms with Crippen molar-refractivity contribution >= 4 is 50.9 Å². The van der Waals surface area contributed by atoms with Crippen LogP contribution in [-0.2, 0) is 4.79 Å². The van der Waals surface area contributed by atoms with Gasteiger partial charge in [-0.15, -0.1) is 0 Å². The average Bonchev–Trinajstić information content (AvgIpc) is 3.21. The number of benzene rings is 1. The van der Waals surface area contributed by atoms with Gasteiger partial charge in [-0.1, -0.05) is 11.3 Å². The molecule has 33 heavy (non-hydrogen) atoms. The Hall–Kier alpha value is -3.60. The third-order valence-electron chi connectivity index (χ3n) is 5.84.